The number of nitrogens with zero attached hydrogens (tertiary/aromatic N) is 1. The van der Waals surface area contributed by atoms with E-state index in [-0.39, 0.29) is 0 Å². The van der Waals surface area contributed by atoms with E-state index < -0.39 is 0 Å². The summed E-state index contributed by atoms with van der Waals surface area (Å²) in [6, 6.07) is 0. The van der Waals surface area contributed by atoms with Gasteiger partial charge in [-0.25, -0.2) is 0 Å². The molecule has 0 spiro atoms. The van der Waals surface area contributed by atoms with Crippen molar-refractivity contribution in [3.05, 3.63) is 0 Å². The van der Waals surface area contributed by atoms with Gasteiger partial charge in [-0.1, -0.05) is 0 Å². The average Bonchev–Trinajstić information content (AvgIpc) is 2.69. The van der Waals surface area contributed by atoms with Gasteiger partial charge < -0.3 is 16.0 Å². The summed E-state index contributed by atoms with van der Waals surface area (Å²) in [6.45, 7) is 2.95. The minimum Gasteiger partial charge on any atom is -0.329 e. The van der Waals surface area contributed by atoms with Crippen molar-refractivity contribution >= 4 is 0 Å². The molecule has 0 saturated heterocycles. The number of likely N-dealkylation sites (N-methyl/N-ethyl adjacent to an activating group) is 1. The third-order valence-electron chi connectivity index (χ3n) is 2.30. The Morgan fingerprint density at radius 3 is 2.45 bits per heavy atom. The Hall–Kier alpha value is -0.120. The predicted molar refractivity (Wildman–Crippen MR) is 47.6 cm³/mol. The number of nitrogens with two attached hydrogens (primary N) is 1. The summed E-state index contributed by atoms with van der Waals surface area (Å²) in [7, 11) is 4.17. The first-order chi connectivity index (χ1) is 5.18. The van der Waals surface area contributed by atoms with Crippen LogP contribution < -0.4 is 11.1 Å². The lowest BCUT2D eigenvalue weighted by Crippen LogP contribution is -2.41. The third kappa shape index (κ3) is 2.77. The standard InChI is InChI=1S/C8H19N3/c1-11(2)6-5-10-8(7-9)3-4-8/h10H,3-7,9H2,1-2H3. The molecule has 0 amide bonds. The molecule has 1 saturated carbocycles. The van der Waals surface area contributed by atoms with Crippen molar-refractivity contribution < 1.29 is 0 Å². The Bertz CT molecular complexity index is 119. The molecule has 0 aliphatic heterocycles. The lowest BCUT2D eigenvalue weighted by molar-refractivity contribution is 0.379. The van der Waals surface area contributed by atoms with E-state index >= 15 is 0 Å². The van der Waals surface area contributed by atoms with Crippen LogP contribution in [0.15, 0.2) is 0 Å². The van der Waals surface area contributed by atoms with E-state index in [1.54, 1.807) is 0 Å². The van der Waals surface area contributed by atoms with Crippen LogP contribution in [0.2, 0.25) is 0 Å². The number of rotatable bonds is 5. The smallest absolute Gasteiger partial charge is 0.0305 e. The molecule has 11 heavy (non-hydrogen) atoms. The molecule has 3 N–H and O–H groups in total. The van der Waals surface area contributed by atoms with Crippen molar-refractivity contribution in [2.45, 2.75) is 18.4 Å². The lowest BCUT2D eigenvalue weighted by Gasteiger charge is -2.16. The van der Waals surface area contributed by atoms with E-state index in [0.29, 0.717) is 5.54 Å². The second-order valence-electron chi connectivity index (χ2n) is 3.71. The molecule has 1 aliphatic carbocycles. The summed E-state index contributed by atoms with van der Waals surface area (Å²) >= 11 is 0. The molecule has 0 unspecified atom stereocenters. The van der Waals surface area contributed by atoms with E-state index in [9.17, 15) is 0 Å². The number of hydrogen-bond acceptors (Lipinski definition) is 3. The molecule has 0 radical (unpaired) electrons. The van der Waals surface area contributed by atoms with Gasteiger partial charge in [0.15, 0.2) is 0 Å². The SMILES string of the molecule is CN(C)CCNC1(CN)CC1. The second-order valence-corrected chi connectivity index (χ2v) is 3.71. The van der Waals surface area contributed by atoms with Crippen molar-refractivity contribution in [3.63, 3.8) is 0 Å². The van der Waals surface area contributed by atoms with E-state index in [1.807, 2.05) is 0 Å². The van der Waals surface area contributed by atoms with Crippen LogP contribution >= 0.6 is 0 Å². The molecule has 1 rings (SSSR count). The van der Waals surface area contributed by atoms with Gasteiger partial charge in [0.2, 0.25) is 0 Å². The molecule has 1 aliphatic rings. The van der Waals surface area contributed by atoms with Gasteiger partial charge in [-0.05, 0) is 26.9 Å². The Kier molecular flexibility index (Phi) is 2.87. The lowest BCUT2D eigenvalue weighted by atomic mass is 10.3. The Morgan fingerprint density at radius 2 is 2.09 bits per heavy atom. The summed E-state index contributed by atoms with van der Waals surface area (Å²) < 4.78 is 0. The minimum atomic E-state index is 0.329. The normalized spacial score (nSPS) is 20.7. The molecule has 0 bridgehead atoms. The highest BCUT2D eigenvalue weighted by atomic mass is 15.1. The Labute approximate surface area is 68.9 Å². The Morgan fingerprint density at radius 1 is 1.45 bits per heavy atom. The second kappa shape index (κ2) is 3.52. The average molecular weight is 157 g/mol. The van der Waals surface area contributed by atoms with Crippen molar-refractivity contribution in [1.82, 2.24) is 10.2 Å². The predicted octanol–water partition coefficient (Wildman–Crippen LogP) is -0.371. The molecule has 0 heterocycles. The highest BCUT2D eigenvalue weighted by molar-refractivity contribution is 5.02. The van der Waals surface area contributed by atoms with Crippen molar-refractivity contribution in [3.8, 4) is 0 Å². The summed E-state index contributed by atoms with van der Waals surface area (Å²) in [4.78, 5) is 2.18. The number of hydrogen-bond donors (Lipinski definition) is 2. The summed E-state index contributed by atoms with van der Waals surface area (Å²) in [5.41, 5.74) is 5.94. The maximum atomic E-state index is 5.61. The highest BCUT2D eigenvalue weighted by Crippen LogP contribution is 2.33. The third-order valence-corrected chi connectivity index (χ3v) is 2.30. The highest BCUT2D eigenvalue weighted by Gasteiger charge is 2.40. The van der Waals surface area contributed by atoms with Gasteiger partial charge in [0.25, 0.3) is 0 Å². The molecular weight excluding hydrogens is 138 g/mol. The maximum Gasteiger partial charge on any atom is 0.0305 e. The number of nitrogens with one attached hydrogen (secondary N) is 1. The van der Waals surface area contributed by atoms with Crippen molar-refractivity contribution in [1.29, 1.82) is 0 Å². The first-order valence-electron chi connectivity index (χ1n) is 4.28. The Balaban J connectivity index is 2.03. The summed E-state index contributed by atoms with van der Waals surface area (Å²) in [6.07, 6.45) is 2.52. The fourth-order valence-corrected chi connectivity index (χ4v) is 1.15. The van der Waals surface area contributed by atoms with Crippen molar-refractivity contribution in [2.24, 2.45) is 5.73 Å². The van der Waals surface area contributed by atoms with Crippen LogP contribution in [-0.2, 0) is 0 Å². The van der Waals surface area contributed by atoms with Crippen LogP contribution in [0.3, 0.4) is 0 Å². The molecule has 0 aromatic carbocycles. The maximum absolute atomic E-state index is 5.61. The van der Waals surface area contributed by atoms with E-state index in [2.05, 4.69) is 24.3 Å². The quantitative estimate of drug-likeness (QED) is 0.572. The van der Waals surface area contributed by atoms with Gasteiger partial charge in [0, 0.05) is 25.2 Å². The summed E-state index contributed by atoms with van der Waals surface area (Å²) in [5, 5.41) is 3.48. The van der Waals surface area contributed by atoms with E-state index in [0.717, 1.165) is 19.6 Å². The van der Waals surface area contributed by atoms with Crippen molar-refractivity contribution in [2.75, 3.05) is 33.7 Å². The van der Waals surface area contributed by atoms with Crippen LogP contribution in [-0.4, -0.2) is 44.2 Å². The van der Waals surface area contributed by atoms with Crippen LogP contribution in [0.1, 0.15) is 12.8 Å². The molecule has 3 heteroatoms. The van der Waals surface area contributed by atoms with Gasteiger partial charge in [-0.2, -0.15) is 0 Å². The first-order valence-corrected chi connectivity index (χ1v) is 4.28. The zero-order valence-electron chi connectivity index (χ0n) is 7.56. The largest absolute Gasteiger partial charge is 0.329 e. The summed E-state index contributed by atoms with van der Waals surface area (Å²) in [5.74, 6) is 0. The first kappa shape index (κ1) is 8.97. The molecule has 0 atom stereocenters. The van der Waals surface area contributed by atoms with Crippen LogP contribution in [0.5, 0.6) is 0 Å². The molecule has 3 nitrogen and oxygen atoms in total. The molecular formula is C8H19N3. The molecule has 66 valence electrons. The monoisotopic (exact) mass is 157 g/mol. The van der Waals surface area contributed by atoms with Gasteiger partial charge in [0.1, 0.15) is 0 Å². The van der Waals surface area contributed by atoms with E-state index in [1.165, 1.54) is 12.8 Å². The van der Waals surface area contributed by atoms with Crippen LogP contribution in [0, 0.1) is 0 Å². The minimum absolute atomic E-state index is 0.329. The van der Waals surface area contributed by atoms with Crippen LogP contribution in [0.25, 0.3) is 0 Å². The van der Waals surface area contributed by atoms with Gasteiger partial charge in [0.05, 0.1) is 0 Å². The molecule has 0 aromatic heterocycles. The topological polar surface area (TPSA) is 41.3 Å². The fraction of sp³-hybridized carbons (Fsp3) is 1.00. The molecule has 1 fully saturated rings. The molecule has 0 aromatic rings. The van der Waals surface area contributed by atoms with Gasteiger partial charge in [-0.15, -0.1) is 0 Å². The zero-order chi connectivity index (χ0) is 8.32. The van der Waals surface area contributed by atoms with Gasteiger partial charge in [-0.3, -0.25) is 0 Å². The van der Waals surface area contributed by atoms with E-state index in [4.69, 9.17) is 5.73 Å². The zero-order valence-corrected chi connectivity index (χ0v) is 7.56. The fourth-order valence-electron chi connectivity index (χ4n) is 1.15. The van der Waals surface area contributed by atoms with Crippen LogP contribution in [0.4, 0.5) is 0 Å². The van der Waals surface area contributed by atoms with Gasteiger partial charge >= 0.3 is 0 Å².